The van der Waals surface area contributed by atoms with Crippen LogP contribution >= 0.6 is 0 Å². The van der Waals surface area contributed by atoms with Gasteiger partial charge in [-0.3, -0.25) is 14.6 Å². The maximum absolute atomic E-state index is 11.9. The lowest BCUT2D eigenvalue weighted by Crippen LogP contribution is -2.52. The van der Waals surface area contributed by atoms with Crippen LogP contribution < -0.4 is 5.32 Å². The summed E-state index contributed by atoms with van der Waals surface area (Å²) in [6.45, 7) is 4.49. The summed E-state index contributed by atoms with van der Waals surface area (Å²) in [6.07, 6.45) is 2.76. The maximum Gasteiger partial charge on any atom is 0.312 e. The first-order chi connectivity index (χ1) is 9.61. The Balaban J connectivity index is 2.02. The third-order valence-electron chi connectivity index (χ3n) is 3.27. The van der Waals surface area contributed by atoms with E-state index in [0.29, 0.717) is 19.6 Å². The minimum Gasteiger partial charge on any atom is -0.385 e. The third-order valence-corrected chi connectivity index (χ3v) is 3.27. The fourth-order valence-electron chi connectivity index (χ4n) is 2.06. The van der Waals surface area contributed by atoms with Crippen molar-refractivity contribution in [3.8, 4) is 0 Å². The molecule has 0 aromatic carbocycles. The Kier molecular flexibility index (Phi) is 4.55. The average Bonchev–Trinajstić information content (AvgIpc) is 2.46. The Morgan fingerprint density at radius 2 is 2.10 bits per heavy atom. The van der Waals surface area contributed by atoms with E-state index in [4.69, 9.17) is 0 Å². The van der Waals surface area contributed by atoms with Gasteiger partial charge in [-0.1, -0.05) is 6.92 Å². The number of rotatable bonds is 5. The van der Waals surface area contributed by atoms with Crippen LogP contribution in [0.3, 0.4) is 0 Å². The molecule has 108 valence electrons. The van der Waals surface area contributed by atoms with Crippen LogP contribution in [0.5, 0.6) is 0 Å². The smallest absolute Gasteiger partial charge is 0.312 e. The molecule has 1 aromatic heterocycles. The second-order valence-electron chi connectivity index (χ2n) is 4.92. The number of amides is 2. The van der Waals surface area contributed by atoms with E-state index in [0.717, 1.165) is 24.3 Å². The van der Waals surface area contributed by atoms with Gasteiger partial charge < -0.3 is 15.1 Å². The number of nitrogens with zero attached hydrogens (tertiary/aromatic N) is 3. The fraction of sp³-hybridized carbons (Fsp3) is 0.500. The van der Waals surface area contributed by atoms with Crippen LogP contribution in [-0.2, 0) is 16.1 Å². The fourth-order valence-corrected chi connectivity index (χ4v) is 2.06. The van der Waals surface area contributed by atoms with Crippen molar-refractivity contribution in [1.82, 2.24) is 14.8 Å². The average molecular weight is 276 g/mol. The SMILES string of the molecule is CCCNc1ccnc(CN2CCN(C)C(=O)C2=O)c1. The molecule has 0 radical (unpaired) electrons. The van der Waals surface area contributed by atoms with Gasteiger partial charge in [0.2, 0.25) is 0 Å². The zero-order valence-electron chi connectivity index (χ0n) is 11.9. The number of aromatic nitrogens is 1. The number of likely N-dealkylation sites (N-methyl/N-ethyl adjacent to an activating group) is 1. The van der Waals surface area contributed by atoms with Crippen molar-refractivity contribution in [1.29, 1.82) is 0 Å². The minimum absolute atomic E-state index is 0.375. The zero-order valence-corrected chi connectivity index (χ0v) is 11.9. The van der Waals surface area contributed by atoms with Gasteiger partial charge in [0.05, 0.1) is 12.2 Å². The Bertz CT molecular complexity index is 504. The number of hydrogen-bond donors (Lipinski definition) is 1. The standard InChI is InChI=1S/C14H20N4O2/c1-3-5-15-11-4-6-16-12(9-11)10-18-8-7-17(2)13(19)14(18)20/h4,6,9H,3,5,7-8,10H2,1-2H3,(H,15,16). The summed E-state index contributed by atoms with van der Waals surface area (Å²) in [4.78, 5) is 30.8. The Labute approximate surface area is 118 Å². The number of hydrogen-bond acceptors (Lipinski definition) is 4. The molecule has 1 N–H and O–H groups in total. The summed E-state index contributed by atoms with van der Waals surface area (Å²) in [6, 6.07) is 3.82. The molecule has 0 unspecified atom stereocenters. The minimum atomic E-state index is -0.451. The quantitative estimate of drug-likeness (QED) is 0.804. The molecule has 1 fully saturated rings. The highest BCUT2D eigenvalue weighted by molar-refractivity contribution is 6.35. The first-order valence-corrected chi connectivity index (χ1v) is 6.85. The van der Waals surface area contributed by atoms with Gasteiger partial charge in [0.15, 0.2) is 0 Å². The molecular formula is C14H20N4O2. The van der Waals surface area contributed by atoms with Crippen molar-refractivity contribution < 1.29 is 9.59 Å². The lowest BCUT2D eigenvalue weighted by molar-refractivity contribution is -0.155. The molecule has 20 heavy (non-hydrogen) atoms. The van der Waals surface area contributed by atoms with Crippen molar-refractivity contribution in [3.05, 3.63) is 24.0 Å². The van der Waals surface area contributed by atoms with Crippen molar-refractivity contribution >= 4 is 17.5 Å². The predicted molar refractivity (Wildman–Crippen MR) is 76.1 cm³/mol. The molecule has 1 aliphatic rings. The molecule has 0 spiro atoms. The topological polar surface area (TPSA) is 65.5 Å². The molecule has 6 heteroatoms. The van der Waals surface area contributed by atoms with E-state index in [9.17, 15) is 9.59 Å². The van der Waals surface area contributed by atoms with Gasteiger partial charge in [-0.25, -0.2) is 0 Å². The molecule has 0 aliphatic carbocycles. The van der Waals surface area contributed by atoms with Crippen molar-refractivity contribution in [2.24, 2.45) is 0 Å². The number of nitrogens with one attached hydrogen (secondary N) is 1. The number of carbonyl (C=O) groups is 2. The van der Waals surface area contributed by atoms with Gasteiger partial charge in [0, 0.05) is 38.6 Å². The summed E-state index contributed by atoms with van der Waals surface area (Å²) in [5.41, 5.74) is 1.78. The summed E-state index contributed by atoms with van der Waals surface area (Å²) in [5.74, 6) is -0.899. The normalized spacial score (nSPS) is 15.7. The highest BCUT2D eigenvalue weighted by Gasteiger charge is 2.30. The van der Waals surface area contributed by atoms with Crippen LogP contribution in [0.4, 0.5) is 5.69 Å². The van der Waals surface area contributed by atoms with Crippen LogP contribution in [0.25, 0.3) is 0 Å². The molecule has 2 amide bonds. The highest BCUT2D eigenvalue weighted by atomic mass is 16.2. The first-order valence-electron chi connectivity index (χ1n) is 6.85. The van der Waals surface area contributed by atoms with E-state index in [2.05, 4.69) is 17.2 Å². The first kappa shape index (κ1) is 14.3. The van der Waals surface area contributed by atoms with Gasteiger partial charge in [-0.05, 0) is 18.6 Å². The second-order valence-corrected chi connectivity index (χ2v) is 4.92. The van der Waals surface area contributed by atoms with Crippen molar-refractivity contribution in [3.63, 3.8) is 0 Å². The largest absolute Gasteiger partial charge is 0.385 e. The Morgan fingerprint density at radius 1 is 1.30 bits per heavy atom. The number of piperazine rings is 1. The van der Waals surface area contributed by atoms with E-state index in [1.54, 1.807) is 18.1 Å². The van der Waals surface area contributed by atoms with E-state index < -0.39 is 11.8 Å². The van der Waals surface area contributed by atoms with E-state index >= 15 is 0 Å². The van der Waals surface area contributed by atoms with Gasteiger partial charge in [0.25, 0.3) is 0 Å². The monoisotopic (exact) mass is 276 g/mol. The molecule has 0 bridgehead atoms. The summed E-state index contributed by atoms with van der Waals surface area (Å²) >= 11 is 0. The molecule has 1 aromatic rings. The zero-order chi connectivity index (χ0) is 14.5. The summed E-state index contributed by atoms with van der Waals surface area (Å²) < 4.78 is 0. The van der Waals surface area contributed by atoms with Gasteiger partial charge >= 0.3 is 11.8 Å². The molecule has 0 saturated carbocycles. The summed E-state index contributed by atoms with van der Waals surface area (Å²) in [5, 5.41) is 3.28. The van der Waals surface area contributed by atoms with Crippen LogP contribution in [0, 0.1) is 0 Å². The number of pyridine rings is 1. The Hall–Kier alpha value is -2.11. The summed E-state index contributed by atoms with van der Waals surface area (Å²) in [7, 11) is 1.64. The lowest BCUT2D eigenvalue weighted by atomic mass is 10.2. The Morgan fingerprint density at radius 3 is 2.85 bits per heavy atom. The lowest BCUT2D eigenvalue weighted by Gasteiger charge is -2.31. The van der Waals surface area contributed by atoms with Crippen molar-refractivity contribution in [2.45, 2.75) is 19.9 Å². The van der Waals surface area contributed by atoms with E-state index in [1.165, 1.54) is 4.90 Å². The van der Waals surface area contributed by atoms with E-state index in [-0.39, 0.29) is 0 Å². The molecule has 0 atom stereocenters. The van der Waals surface area contributed by atoms with Gasteiger partial charge in [-0.2, -0.15) is 0 Å². The number of anilines is 1. The van der Waals surface area contributed by atoms with Crippen molar-refractivity contribution in [2.75, 3.05) is 32.0 Å². The predicted octanol–water partition coefficient (Wildman–Crippen LogP) is 0.704. The van der Waals surface area contributed by atoms with E-state index in [1.807, 2.05) is 12.1 Å². The molecule has 1 saturated heterocycles. The second kappa shape index (κ2) is 6.36. The maximum atomic E-state index is 11.9. The van der Waals surface area contributed by atoms with Crippen LogP contribution in [0.2, 0.25) is 0 Å². The molecule has 6 nitrogen and oxygen atoms in total. The van der Waals surface area contributed by atoms with Gasteiger partial charge in [-0.15, -0.1) is 0 Å². The molecule has 2 rings (SSSR count). The van der Waals surface area contributed by atoms with Gasteiger partial charge in [0.1, 0.15) is 0 Å². The van der Waals surface area contributed by atoms with Crippen LogP contribution in [0.1, 0.15) is 19.0 Å². The molecule has 2 heterocycles. The highest BCUT2D eigenvalue weighted by Crippen LogP contribution is 2.12. The molecule has 1 aliphatic heterocycles. The third kappa shape index (κ3) is 3.26. The van der Waals surface area contributed by atoms with Crippen LogP contribution in [-0.4, -0.2) is 53.3 Å². The molecular weight excluding hydrogens is 256 g/mol. The number of carbonyl (C=O) groups excluding carboxylic acids is 2. The van der Waals surface area contributed by atoms with Crippen LogP contribution in [0.15, 0.2) is 18.3 Å².